The number of nitrogens with one attached hydrogen (secondary N) is 1. The molecule has 0 radical (unpaired) electrons. The van der Waals surface area contributed by atoms with Crippen molar-refractivity contribution in [1.82, 2.24) is 0 Å². The fourth-order valence-corrected chi connectivity index (χ4v) is 4.31. The van der Waals surface area contributed by atoms with Crippen LogP contribution in [0.1, 0.15) is 39.9 Å². The minimum Gasteiger partial charge on any atom is -0.478 e. The van der Waals surface area contributed by atoms with Crippen molar-refractivity contribution in [2.24, 2.45) is 5.92 Å². The van der Waals surface area contributed by atoms with E-state index in [1.165, 1.54) is 12.1 Å². The average molecular weight is 388 g/mol. The highest BCUT2D eigenvalue weighted by Gasteiger charge is 2.39. The van der Waals surface area contributed by atoms with E-state index in [2.05, 4.69) is 33.4 Å². The summed E-state index contributed by atoms with van der Waals surface area (Å²) >= 11 is 3.42. The van der Waals surface area contributed by atoms with Gasteiger partial charge in [-0.1, -0.05) is 40.2 Å². The Morgan fingerprint density at radius 3 is 2.71 bits per heavy atom. The molecule has 0 saturated heterocycles. The summed E-state index contributed by atoms with van der Waals surface area (Å²) in [7, 11) is 0. The van der Waals surface area contributed by atoms with E-state index in [1.807, 2.05) is 6.07 Å². The Balaban J connectivity index is 1.86. The van der Waals surface area contributed by atoms with Crippen molar-refractivity contribution in [3.8, 4) is 0 Å². The Morgan fingerprint density at radius 2 is 2.00 bits per heavy atom. The normalized spacial score (nSPS) is 24.2. The highest BCUT2D eigenvalue weighted by atomic mass is 79.9. The van der Waals surface area contributed by atoms with Crippen LogP contribution in [-0.2, 0) is 0 Å². The molecule has 1 aliphatic heterocycles. The van der Waals surface area contributed by atoms with Gasteiger partial charge in [0.1, 0.15) is 5.82 Å². The lowest BCUT2D eigenvalue weighted by Gasteiger charge is -2.38. The second kappa shape index (κ2) is 5.74. The molecule has 4 rings (SSSR count). The monoisotopic (exact) mass is 387 g/mol. The minimum atomic E-state index is -0.960. The summed E-state index contributed by atoms with van der Waals surface area (Å²) in [5, 5.41) is 13.0. The second-order valence-corrected chi connectivity index (χ2v) is 7.17. The zero-order valence-electron chi connectivity index (χ0n) is 12.7. The molecule has 1 aliphatic carbocycles. The second-order valence-electron chi connectivity index (χ2n) is 6.25. The van der Waals surface area contributed by atoms with E-state index in [4.69, 9.17) is 0 Å². The van der Waals surface area contributed by atoms with Crippen LogP contribution in [0.15, 0.2) is 53.0 Å². The van der Waals surface area contributed by atoms with E-state index in [0.29, 0.717) is 11.6 Å². The van der Waals surface area contributed by atoms with Gasteiger partial charge in [-0.2, -0.15) is 0 Å². The predicted molar refractivity (Wildman–Crippen MR) is 93.9 cm³/mol. The molecule has 3 nitrogen and oxygen atoms in total. The number of hydrogen-bond donors (Lipinski definition) is 2. The van der Waals surface area contributed by atoms with Crippen molar-refractivity contribution in [3.05, 3.63) is 75.5 Å². The van der Waals surface area contributed by atoms with Gasteiger partial charge in [-0.05, 0) is 47.7 Å². The van der Waals surface area contributed by atoms with Gasteiger partial charge in [0.15, 0.2) is 0 Å². The summed E-state index contributed by atoms with van der Waals surface area (Å²) in [6.07, 6.45) is 5.21. The van der Waals surface area contributed by atoms with Crippen LogP contribution in [0, 0.1) is 11.7 Å². The van der Waals surface area contributed by atoms with E-state index in [9.17, 15) is 14.3 Å². The smallest absolute Gasteiger partial charge is 0.337 e. The number of hydrogen-bond acceptors (Lipinski definition) is 2. The molecule has 0 saturated carbocycles. The maximum atomic E-state index is 13.3. The highest BCUT2D eigenvalue weighted by molar-refractivity contribution is 9.10. The van der Waals surface area contributed by atoms with Gasteiger partial charge < -0.3 is 10.4 Å². The number of halogens is 2. The summed E-state index contributed by atoms with van der Waals surface area (Å²) in [6, 6.07) is 10.0. The number of rotatable bonds is 2. The van der Waals surface area contributed by atoms with Gasteiger partial charge in [-0.3, -0.25) is 0 Å². The molecule has 1 heterocycles. The van der Waals surface area contributed by atoms with Crippen molar-refractivity contribution in [1.29, 1.82) is 0 Å². The van der Waals surface area contributed by atoms with Gasteiger partial charge in [0, 0.05) is 10.4 Å². The number of carboxylic acid groups (broad SMARTS) is 1. The van der Waals surface area contributed by atoms with Crippen LogP contribution in [0.4, 0.5) is 10.1 Å². The summed E-state index contributed by atoms with van der Waals surface area (Å²) < 4.78 is 14.0. The Bertz CT molecular complexity index is 847. The van der Waals surface area contributed by atoms with Crippen LogP contribution in [0.2, 0.25) is 0 Å². The van der Waals surface area contributed by atoms with Crippen LogP contribution >= 0.6 is 15.9 Å². The molecule has 0 amide bonds. The van der Waals surface area contributed by atoms with Crippen molar-refractivity contribution < 1.29 is 14.3 Å². The molecule has 2 aromatic carbocycles. The zero-order valence-corrected chi connectivity index (χ0v) is 14.3. The van der Waals surface area contributed by atoms with Gasteiger partial charge in [0.2, 0.25) is 0 Å². The van der Waals surface area contributed by atoms with Gasteiger partial charge in [0.05, 0.1) is 17.3 Å². The van der Waals surface area contributed by atoms with Gasteiger partial charge in [-0.25, -0.2) is 9.18 Å². The van der Waals surface area contributed by atoms with Crippen molar-refractivity contribution in [3.63, 3.8) is 0 Å². The Labute approximate surface area is 147 Å². The van der Waals surface area contributed by atoms with Crippen LogP contribution in [-0.4, -0.2) is 11.1 Å². The summed E-state index contributed by atoms with van der Waals surface area (Å²) in [5.41, 5.74) is 2.89. The van der Waals surface area contributed by atoms with E-state index in [-0.39, 0.29) is 23.3 Å². The Morgan fingerprint density at radius 1 is 1.25 bits per heavy atom. The van der Waals surface area contributed by atoms with Gasteiger partial charge in [0.25, 0.3) is 0 Å². The number of aromatic carboxylic acids is 1. The molecular formula is C19H15BrFNO2. The lowest BCUT2D eigenvalue weighted by molar-refractivity contribution is 0.0697. The SMILES string of the molecule is O=C(O)c1cc(Br)cc2c1NC(c1ccc(F)cc1)C1CC=CC21. The highest BCUT2D eigenvalue weighted by Crippen LogP contribution is 2.51. The summed E-state index contributed by atoms with van der Waals surface area (Å²) in [6.45, 7) is 0. The largest absolute Gasteiger partial charge is 0.478 e. The minimum absolute atomic E-state index is 0.0441. The van der Waals surface area contributed by atoms with E-state index < -0.39 is 5.97 Å². The molecule has 2 aromatic rings. The first-order chi connectivity index (χ1) is 11.5. The first-order valence-corrected chi connectivity index (χ1v) is 8.59. The van der Waals surface area contributed by atoms with E-state index in [0.717, 1.165) is 22.0 Å². The predicted octanol–water partition coefficient (Wildman–Crippen LogP) is 5.11. The molecule has 0 spiro atoms. The third kappa shape index (κ3) is 2.44. The fraction of sp³-hybridized carbons (Fsp3) is 0.211. The zero-order chi connectivity index (χ0) is 16.8. The van der Waals surface area contributed by atoms with Gasteiger partial charge >= 0.3 is 5.97 Å². The van der Waals surface area contributed by atoms with E-state index >= 15 is 0 Å². The molecule has 122 valence electrons. The standard InChI is InChI=1S/C19H15BrFNO2/c20-11-8-15-13-2-1-3-14(13)17(10-4-6-12(21)7-5-10)22-18(15)16(9-11)19(23)24/h1-2,4-9,13-14,17,22H,3H2,(H,23,24). The number of allylic oxidation sites excluding steroid dienone is 2. The molecule has 0 aromatic heterocycles. The van der Waals surface area contributed by atoms with Crippen LogP contribution in [0.25, 0.3) is 0 Å². The van der Waals surface area contributed by atoms with Crippen LogP contribution in [0.3, 0.4) is 0 Å². The first kappa shape index (κ1) is 15.4. The van der Waals surface area contributed by atoms with Crippen LogP contribution in [0.5, 0.6) is 0 Å². The molecule has 24 heavy (non-hydrogen) atoms. The Kier molecular flexibility index (Phi) is 3.68. The molecule has 0 bridgehead atoms. The van der Waals surface area contributed by atoms with Crippen molar-refractivity contribution in [2.45, 2.75) is 18.4 Å². The quantitative estimate of drug-likeness (QED) is 0.703. The molecule has 3 atom stereocenters. The molecule has 3 unspecified atom stereocenters. The maximum Gasteiger partial charge on any atom is 0.337 e. The molecular weight excluding hydrogens is 373 g/mol. The fourth-order valence-electron chi connectivity index (χ4n) is 3.83. The average Bonchev–Trinajstić information content (AvgIpc) is 3.04. The van der Waals surface area contributed by atoms with Crippen LogP contribution < -0.4 is 5.32 Å². The molecule has 0 fully saturated rings. The molecule has 5 heteroatoms. The van der Waals surface area contributed by atoms with Crippen molar-refractivity contribution in [2.75, 3.05) is 5.32 Å². The lowest BCUT2D eigenvalue weighted by atomic mass is 9.76. The summed E-state index contributed by atoms with van der Waals surface area (Å²) in [4.78, 5) is 11.7. The number of benzene rings is 2. The first-order valence-electron chi connectivity index (χ1n) is 7.80. The number of anilines is 1. The number of fused-ring (bicyclic) bond motifs is 3. The topological polar surface area (TPSA) is 49.3 Å². The van der Waals surface area contributed by atoms with Gasteiger partial charge in [-0.15, -0.1) is 0 Å². The molecule has 2 aliphatic rings. The number of carboxylic acids is 1. The maximum absolute atomic E-state index is 13.3. The Hall–Kier alpha value is -2.14. The third-order valence-corrected chi connectivity index (χ3v) is 5.35. The summed E-state index contributed by atoms with van der Waals surface area (Å²) in [5.74, 6) is -0.782. The van der Waals surface area contributed by atoms with E-state index in [1.54, 1.807) is 18.2 Å². The third-order valence-electron chi connectivity index (χ3n) is 4.89. The molecule has 2 N–H and O–H groups in total. The van der Waals surface area contributed by atoms with Crippen molar-refractivity contribution >= 4 is 27.6 Å². The lowest BCUT2D eigenvalue weighted by Crippen LogP contribution is -2.30. The number of carbonyl (C=O) groups is 1.